The van der Waals surface area contributed by atoms with Gasteiger partial charge in [-0.3, -0.25) is 9.69 Å². The quantitative estimate of drug-likeness (QED) is 0.539. The molecule has 1 fully saturated rings. The molecule has 0 saturated carbocycles. The van der Waals surface area contributed by atoms with Crippen molar-refractivity contribution in [2.24, 2.45) is 4.99 Å². The highest BCUT2D eigenvalue weighted by molar-refractivity contribution is 5.98. The van der Waals surface area contributed by atoms with Crippen LogP contribution in [0.3, 0.4) is 0 Å². The molecule has 0 radical (unpaired) electrons. The van der Waals surface area contributed by atoms with Crippen molar-refractivity contribution in [1.29, 1.82) is 0 Å². The molecule has 8 nitrogen and oxygen atoms in total. The van der Waals surface area contributed by atoms with Crippen molar-refractivity contribution >= 4 is 17.8 Å². The number of aliphatic carboxylic acids is 1. The zero-order chi connectivity index (χ0) is 17.3. The fraction of sp³-hybridized carbons (Fsp3) is 0.312. The molecule has 0 spiro atoms. The van der Waals surface area contributed by atoms with E-state index in [0.717, 1.165) is 4.90 Å². The second kappa shape index (κ2) is 6.32. The SMILES string of the molecule is C=C(CO)[C@H](C(=O)O)N1C(=O)C2N=C(COc3ccccc3)OC21. The number of β-lactam (4-membered cyclic amide) rings is 1. The van der Waals surface area contributed by atoms with Gasteiger partial charge in [-0.15, -0.1) is 0 Å². The summed E-state index contributed by atoms with van der Waals surface area (Å²) in [7, 11) is 0. The molecule has 1 amide bonds. The third kappa shape index (κ3) is 2.71. The summed E-state index contributed by atoms with van der Waals surface area (Å²) in [6.45, 7) is 3.00. The van der Waals surface area contributed by atoms with Gasteiger partial charge in [-0.1, -0.05) is 24.8 Å². The van der Waals surface area contributed by atoms with Gasteiger partial charge in [0.25, 0.3) is 5.91 Å². The molecular formula is C16H16N2O6. The maximum absolute atomic E-state index is 12.1. The van der Waals surface area contributed by atoms with E-state index in [9.17, 15) is 14.7 Å². The van der Waals surface area contributed by atoms with E-state index in [4.69, 9.17) is 14.6 Å². The Kier molecular flexibility index (Phi) is 4.22. The van der Waals surface area contributed by atoms with Crippen LogP contribution in [0.1, 0.15) is 0 Å². The number of para-hydroxylation sites is 1. The Morgan fingerprint density at radius 2 is 2.12 bits per heavy atom. The minimum absolute atomic E-state index is 0.00638. The number of nitrogens with zero attached hydrogens (tertiary/aromatic N) is 2. The molecule has 2 heterocycles. The average molecular weight is 332 g/mol. The second-order valence-corrected chi connectivity index (χ2v) is 5.38. The van der Waals surface area contributed by atoms with Gasteiger partial charge in [0.15, 0.2) is 18.7 Å². The summed E-state index contributed by atoms with van der Waals surface area (Å²) >= 11 is 0. The van der Waals surface area contributed by atoms with E-state index in [2.05, 4.69) is 11.6 Å². The van der Waals surface area contributed by atoms with Crippen molar-refractivity contribution in [1.82, 2.24) is 4.90 Å². The van der Waals surface area contributed by atoms with Crippen molar-refractivity contribution in [2.75, 3.05) is 13.2 Å². The van der Waals surface area contributed by atoms with Crippen LogP contribution in [0.5, 0.6) is 5.75 Å². The van der Waals surface area contributed by atoms with Gasteiger partial charge in [-0.25, -0.2) is 9.79 Å². The Morgan fingerprint density at radius 3 is 2.75 bits per heavy atom. The van der Waals surface area contributed by atoms with E-state index in [1.54, 1.807) is 12.1 Å². The van der Waals surface area contributed by atoms with E-state index in [1.165, 1.54) is 0 Å². The predicted octanol–water partition coefficient (Wildman–Crippen LogP) is 0.0327. The number of rotatable bonds is 7. The maximum Gasteiger partial charge on any atom is 0.330 e. The van der Waals surface area contributed by atoms with E-state index in [0.29, 0.717) is 5.75 Å². The van der Waals surface area contributed by atoms with Gasteiger partial charge in [0.1, 0.15) is 5.75 Å². The Bertz CT molecular complexity index is 702. The fourth-order valence-electron chi connectivity index (χ4n) is 2.62. The van der Waals surface area contributed by atoms with E-state index >= 15 is 0 Å². The number of carboxylic acid groups (broad SMARTS) is 1. The second-order valence-electron chi connectivity index (χ2n) is 5.38. The van der Waals surface area contributed by atoms with Crippen LogP contribution in [-0.2, 0) is 14.3 Å². The number of aliphatic hydroxyl groups is 1. The first-order chi connectivity index (χ1) is 11.5. The monoisotopic (exact) mass is 332 g/mol. The third-order valence-corrected chi connectivity index (χ3v) is 3.80. The van der Waals surface area contributed by atoms with Gasteiger partial charge in [-0.05, 0) is 17.7 Å². The third-order valence-electron chi connectivity index (χ3n) is 3.80. The van der Waals surface area contributed by atoms with Crippen molar-refractivity contribution in [3.8, 4) is 5.75 Å². The van der Waals surface area contributed by atoms with Crippen LogP contribution in [0.25, 0.3) is 0 Å². The molecule has 2 unspecified atom stereocenters. The molecule has 126 valence electrons. The first-order valence-electron chi connectivity index (χ1n) is 7.27. The van der Waals surface area contributed by atoms with Crippen LogP contribution in [0.15, 0.2) is 47.5 Å². The first kappa shape index (κ1) is 16.0. The molecule has 2 aliphatic rings. The van der Waals surface area contributed by atoms with Crippen LogP contribution >= 0.6 is 0 Å². The zero-order valence-electron chi connectivity index (χ0n) is 12.7. The predicted molar refractivity (Wildman–Crippen MR) is 82.5 cm³/mol. The average Bonchev–Trinajstić information content (AvgIpc) is 2.97. The van der Waals surface area contributed by atoms with E-state index in [-0.39, 0.29) is 18.1 Å². The summed E-state index contributed by atoms with van der Waals surface area (Å²) in [6, 6.07) is 6.92. The Labute approximate surface area is 137 Å². The molecule has 1 saturated heterocycles. The number of fused-ring (bicyclic) bond motifs is 1. The van der Waals surface area contributed by atoms with Gasteiger partial charge >= 0.3 is 5.97 Å². The minimum atomic E-state index is -1.34. The zero-order valence-corrected chi connectivity index (χ0v) is 12.7. The molecule has 2 aliphatic heterocycles. The summed E-state index contributed by atoms with van der Waals surface area (Å²) in [4.78, 5) is 28.7. The first-order valence-corrected chi connectivity index (χ1v) is 7.27. The van der Waals surface area contributed by atoms with E-state index in [1.807, 2.05) is 18.2 Å². The highest BCUT2D eigenvalue weighted by atomic mass is 16.6. The lowest BCUT2D eigenvalue weighted by atomic mass is 9.98. The summed E-state index contributed by atoms with van der Waals surface area (Å²) in [5, 5.41) is 18.4. The fourth-order valence-corrected chi connectivity index (χ4v) is 2.62. The number of amides is 1. The number of carbonyl (C=O) groups excluding carboxylic acids is 1. The molecule has 0 aliphatic carbocycles. The molecule has 0 aromatic heterocycles. The molecular weight excluding hydrogens is 316 g/mol. The number of likely N-dealkylation sites (tertiary alicyclic amines) is 1. The van der Waals surface area contributed by atoms with E-state index < -0.39 is 36.8 Å². The molecule has 8 heteroatoms. The Morgan fingerprint density at radius 1 is 1.42 bits per heavy atom. The number of hydrogen-bond donors (Lipinski definition) is 2. The van der Waals surface area contributed by atoms with Gasteiger partial charge in [0, 0.05) is 0 Å². The number of benzene rings is 1. The van der Waals surface area contributed by atoms with Gasteiger partial charge in [0.2, 0.25) is 12.1 Å². The number of carbonyl (C=O) groups is 2. The minimum Gasteiger partial charge on any atom is -0.484 e. The largest absolute Gasteiger partial charge is 0.484 e. The smallest absolute Gasteiger partial charge is 0.330 e. The molecule has 1 aromatic rings. The van der Waals surface area contributed by atoms with Gasteiger partial charge in [-0.2, -0.15) is 0 Å². The topological polar surface area (TPSA) is 109 Å². The van der Waals surface area contributed by atoms with Gasteiger partial charge in [0.05, 0.1) is 6.61 Å². The highest BCUT2D eigenvalue weighted by Crippen LogP contribution is 2.33. The van der Waals surface area contributed by atoms with Crippen LogP contribution in [0.2, 0.25) is 0 Å². The number of aliphatic hydroxyl groups excluding tert-OH is 1. The van der Waals surface area contributed by atoms with Crippen molar-refractivity contribution in [3.05, 3.63) is 42.5 Å². The van der Waals surface area contributed by atoms with Gasteiger partial charge < -0.3 is 19.7 Å². The van der Waals surface area contributed by atoms with Crippen molar-refractivity contribution < 1.29 is 29.3 Å². The summed E-state index contributed by atoms with van der Waals surface area (Å²) < 4.78 is 11.0. The number of ether oxygens (including phenoxy) is 2. The summed E-state index contributed by atoms with van der Waals surface area (Å²) in [5.41, 5.74) is 0.00638. The number of aliphatic imine (C=N–C) groups is 1. The normalized spacial score (nSPS) is 22.8. The number of hydrogen-bond acceptors (Lipinski definition) is 6. The maximum atomic E-state index is 12.1. The van der Waals surface area contributed by atoms with Crippen molar-refractivity contribution in [2.45, 2.75) is 18.3 Å². The Hall–Kier alpha value is -2.87. The Balaban J connectivity index is 1.65. The molecule has 1 aromatic carbocycles. The molecule has 24 heavy (non-hydrogen) atoms. The van der Waals surface area contributed by atoms with Crippen LogP contribution in [0, 0.1) is 0 Å². The summed E-state index contributed by atoms with van der Waals surface area (Å²) in [5.74, 6) is -0.901. The lowest BCUT2D eigenvalue weighted by Crippen LogP contribution is -2.68. The lowest BCUT2D eigenvalue weighted by Gasteiger charge is -2.43. The van der Waals surface area contributed by atoms with Crippen LogP contribution in [0.4, 0.5) is 0 Å². The molecule has 3 rings (SSSR count). The lowest BCUT2D eigenvalue weighted by molar-refractivity contribution is -0.175. The van der Waals surface area contributed by atoms with Crippen LogP contribution < -0.4 is 4.74 Å². The molecule has 2 N–H and O–H groups in total. The summed E-state index contributed by atoms with van der Waals surface area (Å²) in [6.07, 6.45) is -0.809. The molecule has 3 atom stereocenters. The highest BCUT2D eigenvalue weighted by Gasteiger charge is 2.58. The van der Waals surface area contributed by atoms with Crippen molar-refractivity contribution in [3.63, 3.8) is 0 Å². The standard InChI is InChI=1S/C16H16N2O6/c1-9(7-19)13(16(21)22)18-14(20)12-15(18)24-11(17-12)8-23-10-5-3-2-4-6-10/h2-6,12-13,15,19H,1,7-8H2,(H,21,22)/t12?,13-,15?/m1/s1. The van der Waals surface area contributed by atoms with Crippen LogP contribution in [-0.4, -0.2) is 64.4 Å². The molecule has 0 bridgehead atoms. The number of carboxylic acids is 1.